The minimum Gasteiger partial charge on any atom is -0.341 e. The Balaban J connectivity index is 1.36. The Morgan fingerprint density at radius 3 is 2.65 bits per heavy atom. The highest BCUT2D eigenvalue weighted by atomic mass is 19.2. The van der Waals surface area contributed by atoms with Gasteiger partial charge in [0.2, 0.25) is 0 Å². The number of rotatable bonds is 3. The number of likely N-dealkylation sites (tertiary alicyclic amines) is 1. The molecule has 1 N–H and O–H groups in total. The molecule has 3 heterocycles. The number of piperidine rings is 1. The van der Waals surface area contributed by atoms with E-state index in [0.717, 1.165) is 42.4 Å². The number of nitrogens with one attached hydrogen (secondary N) is 1. The number of pyridine rings is 1. The van der Waals surface area contributed by atoms with Gasteiger partial charge in [-0.2, -0.15) is 0 Å². The maximum absolute atomic E-state index is 13.9. The lowest BCUT2D eigenvalue weighted by Gasteiger charge is -2.35. The zero-order chi connectivity index (χ0) is 21.7. The van der Waals surface area contributed by atoms with Crippen molar-refractivity contribution in [3.63, 3.8) is 0 Å². The predicted molar refractivity (Wildman–Crippen MR) is 114 cm³/mol. The van der Waals surface area contributed by atoms with Crippen LogP contribution in [0.2, 0.25) is 0 Å². The molecule has 0 aliphatic carbocycles. The highest BCUT2D eigenvalue weighted by Gasteiger charge is 2.27. The van der Waals surface area contributed by atoms with E-state index in [0.29, 0.717) is 22.8 Å². The second kappa shape index (κ2) is 7.64. The molecule has 31 heavy (non-hydrogen) atoms. The predicted octanol–water partition coefficient (Wildman–Crippen LogP) is 5.78. The SMILES string of the molecule is Cc1c(F)c(F)cc2[nH]c(C(C)N3CCC(c4ccnc5ccc(F)cc45)CC3)nc12. The van der Waals surface area contributed by atoms with Gasteiger partial charge in [0.1, 0.15) is 11.6 Å². The van der Waals surface area contributed by atoms with Crippen LogP contribution in [0.1, 0.15) is 48.7 Å². The fourth-order valence-corrected chi connectivity index (χ4v) is 4.73. The van der Waals surface area contributed by atoms with Gasteiger partial charge in [-0.3, -0.25) is 9.88 Å². The van der Waals surface area contributed by atoms with Crippen molar-refractivity contribution in [2.75, 3.05) is 13.1 Å². The molecule has 7 heteroatoms. The molecular weight excluding hydrogens is 401 g/mol. The second-order valence-electron chi connectivity index (χ2n) is 8.36. The van der Waals surface area contributed by atoms with Gasteiger partial charge in [-0.25, -0.2) is 18.2 Å². The maximum Gasteiger partial charge on any atom is 0.164 e. The van der Waals surface area contributed by atoms with Crippen molar-refractivity contribution in [3.05, 3.63) is 70.9 Å². The summed E-state index contributed by atoms with van der Waals surface area (Å²) in [6, 6.07) is 7.89. The first-order valence-corrected chi connectivity index (χ1v) is 10.5. The van der Waals surface area contributed by atoms with Crippen LogP contribution in [-0.2, 0) is 0 Å². The number of imidazole rings is 1. The lowest BCUT2D eigenvalue weighted by molar-refractivity contribution is 0.158. The van der Waals surface area contributed by atoms with Crippen LogP contribution < -0.4 is 0 Å². The van der Waals surface area contributed by atoms with E-state index in [1.165, 1.54) is 12.1 Å². The van der Waals surface area contributed by atoms with Gasteiger partial charge in [0, 0.05) is 23.2 Å². The van der Waals surface area contributed by atoms with Crippen LogP contribution in [0, 0.1) is 24.4 Å². The molecule has 0 saturated carbocycles. The quantitative estimate of drug-likeness (QED) is 0.454. The maximum atomic E-state index is 13.9. The van der Waals surface area contributed by atoms with Crippen molar-refractivity contribution in [2.45, 2.75) is 38.6 Å². The molecule has 1 saturated heterocycles. The Labute approximate surface area is 178 Å². The first-order valence-electron chi connectivity index (χ1n) is 10.5. The number of benzene rings is 2. The average molecular weight is 424 g/mol. The van der Waals surface area contributed by atoms with Crippen LogP contribution in [0.15, 0.2) is 36.5 Å². The van der Waals surface area contributed by atoms with E-state index in [1.54, 1.807) is 25.3 Å². The molecule has 2 aromatic carbocycles. The fraction of sp³-hybridized carbons (Fsp3) is 0.333. The lowest BCUT2D eigenvalue weighted by atomic mass is 9.87. The molecule has 0 spiro atoms. The largest absolute Gasteiger partial charge is 0.341 e. The lowest BCUT2D eigenvalue weighted by Crippen LogP contribution is -2.35. The molecule has 0 bridgehead atoms. The van der Waals surface area contributed by atoms with Gasteiger partial charge in [0.05, 0.1) is 22.6 Å². The van der Waals surface area contributed by atoms with E-state index >= 15 is 0 Å². The van der Waals surface area contributed by atoms with Crippen molar-refractivity contribution in [3.8, 4) is 0 Å². The van der Waals surface area contributed by atoms with Gasteiger partial charge in [-0.1, -0.05) is 0 Å². The Hall–Kier alpha value is -2.93. The summed E-state index contributed by atoms with van der Waals surface area (Å²) in [5.41, 5.74) is 3.16. The zero-order valence-corrected chi connectivity index (χ0v) is 17.4. The third-order valence-corrected chi connectivity index (χ3v) is 6.57. The molecule has 0 radical (unpaired) electrons. The molecular formula is C24H23F3N4. The molecule has 5 rings (SSSR count). The Morgan fingerprint density at radius 2 is 1.87 bits per heavy atom. The number of hydrogen-bond acceptors (Lipinski definition) is 3. The van der Waals surface area contributed by atoms with Crippen LogP contribution >= 0.6 is 0 Å². The van der Waals surface area contributed by atoms with Crippen molar-refractivity contribution >= 4 is 21.9 Å². The number of aromatic nitrogens is 3. The first-order chi connectivity index (χ1) is 14.9. The van der Waals surface area contributed by atoms with Crippen LogP contribution in [0.5, 0.6) is 0 Å². The van der Waals surface area contributed by atoms with E-state index in [4.69, 9.17) is 0 Å². The number of halogens is 3. The molecule has 1 aliphatic heterocycles. The minimum atomic E-state index is -0.866. The van der Waals surface area contributed by atoms with Crippen LogP contribution in [-0.4, -0.2) is 32.9 Å². The summed E-state index contributed by atoms with van der Waals surface area (Å²) in [6.45, 7) is 5.30. The topological polar surface area (TPSA) is 44.8 Å². The summed E-state index contributed by atoms with van der Waals surface area (Å²) < 4.78 is 41.5. The third-order valence-electron chi connectivity index (χ3n) is 6.57. The van der Waals surface area contributed by atoms with E-state index in [2.05, 4.69) is 26.8 Å². The minimum absolute atomic E-state index is 0.00880. The molecule has 160 valence electrons. The third kappa shape index (κ3) is 3.47. The van der Waals surface area contributed by atoms with Gasteiger partial charge >= 0.3 is 0 Å². The van der Waals surface area contributed by atoms with E-state index < -0.39 is 11.6 Å². The summed E-state index contributed by atoms with van der Waals surface area (Å²) in [6.07, 6.45) is 3.66. The summed E-state index contributed by atoms with van der Waals surface area (Å²) in [5.74, 6) is -0.926. The van der Waals surface area contributed by atoms with Crippen molar-refractivity contribution in [1.29, 1.82) is 0 Å². The summed E-state index contributed by atoms with van der Waals surface area (Å²) in [7, 11) is 0. The van der Waals surface area contributed by atoms with Gasteiger partial charge in [-0.05, 0) is 75.5 Å². The van der Waals surface area contributed by atoms with E-state index in [-0.39, 0.29) is 17.4 Å². The second-order valence-corrected chi connectivity index (χ2v) is 8.36. The standard InChI is InChI=1S/C24H23F3N4/c1-13-22(27)19(26)12-21-23(13)30-24(29-21)14(2)31-9-6-15(7-10-31)17-5-8-28-20-4-3-16(25)11-18(17)20/h3-5,8,11-12,14-15H,6-7,9-10H2,1-2H3,(H,29,30). The summed E-state index contributed by atoms with van der Waals surface area (Å²) >= 11 is 0. The van der Waals surface area contributed by atoms with Gasteiger partial charge in [0.25, 0.3) is 0 Å². The molecule has 1 aliphatic rings. The number of nitrogens with zero attached hydrogens (tertiary/aromatic N) is 3. The number of hydrogen-bond donors (Lipinski definition) is 1. The Bertz CT molecular complexity index is 1280. The molecule has 1 atom stereocenters. The van der Waals surface area contributed by atoms with Crippen molar-refractivity contribution in [2.24, 2.45) is 0 Å². The number of aryl methyl sites for hydroxylation is 1. The number of aromatic amines is 1. The monoisotopic (exact) mass is 424 g/mol. The highest BCUT2D eigenvalue weighted by molar-refractivity contribution is 5.82. The molecule has 1 fully saturated rings. The van der Waals surface area contributed by atoms with E-state index in [1.807, 2.05) is 6.07 Å². The molecule has 2 aromatic heterocycles. The first kappa shape index (κ1) is 20.0. The number of H-pyrrole nitrogens is 1. The Morgan fingerprint density at radius 1 is 1.10 bits per heavy atom. The van der Waals surface area contributed by atoms with E-state index in [9.17, 15) is 13.2 Å². The van der Waals surface area contributed by atoms with Gasteiger partial charge < -0.3 is 4.98 Å². The van der Waals surface area contributed by atoms with Crippen LogP contribution in [0.3, 0.4) is 0 Å². The Kier molecular flexibility index (Phi) is 4.93. The average Bonchev–Trinajstić information content (AvgIpc) is 3.21. The highest BCUT2D eigenvalue weighted by Crippen LogP contribution is 2.35. The van der Waals surface area contributed by atoms with Crippen LogP contribution in [0.25, 0.3) is 21.9 Å². The van der Waals surface area contributed by atoms with Crippen molar-refractivity contribution in [1.82, 2.24) is 19.9 Å². The smallest absolute Gasteiger partial charge is 0.164 e. The van der Waals surface area contributed by atoms with Gasteiger partial charge in [-0.15, -0.1) is 0 Å². The number of fused-ring (bicyclic) bond motifs is 2. The molecule has 0 amide bonds. The summed E-state index contributed by atoms with van der Waals surface area (Å²) in [5, 5.41) is 0.880. The molecule has 1 unspecified atom stereocenters. The molecule has 4 aromatic rings. The fourth-order valence-electron chi connectivity index (χ4n) is 4.73. The van der Waals surface area contributed by atoms with Crippen molar-refractivity contribution < 1.29 is 13.2 Å². The summed E-state index contributed by atoms with van der Waals surface area (Å²) in [4.78, 5) is 14.4. The normalized spacial score (nSPS) is 16.9. The van der Waals surface area contributed by atoms with Gasteiger partial charge in [0.15, 0.2) is 11.6 Å². The van der Waals surface area contributed by atoms with Crippen LogP contribution in [0.4, 0.5) is 13.2 Å². The zero-order valence-electron chi connectivity index (χ0n) is 17.4. The molecule has 4 nitrogen and oxygen atoms in total.